The second-order valence-electron chi connectivity index (χ2n) is 5.52. The molecule has 1 fully saturated rings. The zero-order valence-corrected chi connectivity index (χ0v) is 11.6. The van der Waals surface area contributed by atoms with Crippen molar-refractivity contribution in [1.82, 2.24) is 0 Å². The molecule has 2 unspecified atom stereocenters. The summed E-state index contributed by atoms with van der Waals surface area (Å²) in [5.74, 6) is -0.270. The van der Waals surface area contributed by atoms with Gasteiger partial charge in [0.2, 0.25) is 0 Å². The van der Waals surface area contributed by atoms with Crippen molar-refractivity contribution in [2.24, 2.45) is 5.73 Å². The van der Waals surface area contributed by atoms with Crippen LogP contribution in [0.1, 0.15) is 44.2 Å². The molecule has 0 bridgehead atoms. The highest BCUT2D eigenvalue weighted by Gasteiger charge is 2.28. The Bertz CT molecular complexity index is 436. The molecule has 19 heavy (non-hydrogen) atoms. The van der Waals surface area contributed by atoms with E-state index in [-0.39, 0.29) is 24.0 Å². The van der Waals surface area contributed by atoms with Gasteiger partial charge in [-0.3, -0.25) is 0 Å². The van der Waals surface area contributed by atoms with Gasteiger partial charge in [-0.1, -0.05) is 12.8 Å². The second kappa shape index (κ2) is 5.88. The highest BCUT2D eigenvalue weighted by molar-refractivity contribution is 5.55. The van der Waals surface area contributed by atoms with Crippen LogP contribution in [0.25, 0.3) is 0 Å². The lowest BCUT2D eigenvalue weighted by atomic mass is 9.90. The highest BCUT2D eigenvalue weighted by Crippen LogP contribution is 2.31. The average Bonchev–Trinajstić information content (AvgIpc) is 2.38. The van der Waals surface area contributed by atoms with Gasteiger partial charge in [0.1, 0.15) is 5.82 Å². The monoisotopic (exact) mass is 266 g/mol. The molecule has 0 radical (unpaired) electrons. The summed E-state index contributed by atoms with van der Waals surface area (Å²) in [7, 11) is 1.96. The lowest BCUT2D eigenvalue weighted by Gasteiger charge is -2.38. The van der Waals surface area contributed by atoms with Gasteiger partial charge in [-0.15, -0.1) is 0 Å². The molecule has 0 aromatic heterocycles. The van der Waals surface area contributed by atoms with Crippen LogP contribution in [0.15, 0.2) is 18.2 Å². The van der Waals surface area contributed by atoms with Crippen LogP contribution in [0.2, 0.25) is 0 Å². The van der Waals surface area contributed by atoms with E-state index in [1.165, 1.54) is 12.1 Å². The highest BCUT2D eigenvalue weighted by atomic mass is 19.1. The molecule has 1 aliphatic carbocycles. The van der Waals surface area contributed by atoms with Crippen LogP contribution in [-0.2, 0) is 0 Å². The van der Waals surface area contributed by atoms with Gasteiger partial charge in [0.05, 0.1) is 12.1 Å². The van der Waals surface area contributed by atoms with Gasteiger partial charge in [0, 0.05) is 18.8 Å². The van der Waals surface area contributed by atoms with Crippen molar-refractivity contribution in [2.75, 3.05) is 11.9 Å². The molecule has 1 aromatic rings. The lowest BCUT2D eigenvalue weighted by Crippen LogP contribution is -2.44. The van der Waals surface area contributed by atoms with Gasteiger partial charge >= 0.3 is 0 Å². The first kappa shape index (κ1) is 14.3. The first-order chi connectivity index (χ1) is 9.00. The number of rotatable bonds is 3. The van der Waals surface area contributed by atoms with Gasteiger partial charge in [-0.2, -0.15) is 0 Å². The summed E-state index contributed by atoms with van der Waals surface area (Å²) in [6, 6.07) is 4.57. The molecule has 3 nitrogen and oxygen atoms in total. The standard InChI is InChI=1S/C15H23FN2O/c1-10(17)12-9-11(16)7-8-13(12)18(2)14-5-3-4-6-15(14)19/h7-10,14-15,19H,3-6,17H2,1-2H3/t10-,14?,15?/m0/s1. The Morgan fingerprint density at radius 1 is 1.37 bits per heavy atom. The minimum Gasteiger partial charge on any atom is -0.391 e. The summed E-state index contributed by atoms with van der Waals surface area (Å²) in [5, 5.41) is 10.1. The normalized spacial score (nSPS) is 25.1. The van der Waals surface area contributed by atoms with E-state index in [1.807, 2.05) is 14.0 Å². The van der Waals surface area contributed by atoms with Crippen molar-refractivity contribution >= 4 is 5.69 Å². The van der Waals surface area contributed by atoms with Crippen LogP contribution >= 0.6 is 0 Å². The summed E-state index contributed by atoms with van der Waals surface area (Å²) in [6.45, 7) is 1.85. The number of hydrogen-bond acceptors (Lipinski definition) is 3. The van der Waals surface area contributed by atoms with E-state index in [9.17, 15) is 9.50 Å². The molecule has 106 valence electrons. The molecular formula is C15H23FN2O. The zero-order chi connectivity index (χ0) is 14.0. The fourth-order valence-corrected chi connectivity index (χ4v) is 2.93. The molecule has 1 aliphatic rings. The minimum atomic E-state index is -0.315. The third-order valence-electron chi connectivity index (χ3n) is 4.05. The molecular weight excluding hydrogens is 243 g/mol. The number of likely N-dealkylation sites (N-methyl/N-ethyl adjacent to an activating group) is 1. The predicted molar refractivity (Wildman–Crippen MR) is 75.7 cm³/mol. The van der Waals surface area contributed by atoms with Crippen molar-refractivity contribution in [3.05, 3.63) is 29.6 Å². The number of aliphatic hydroxyl groups is 1. The molecule has 0 amide bonds. The number of anilines is 1. The average molecular weight is 266 g/mol. The summed E-state index contributed by atoms with van der Waals surface area (Å²) in [6.07, 6.45) is 3.69. The summed E-state index contributed by atoms with van der Waals surface area (Å²) in [5.41, 5.74) is 7.64. The summed E-state index contributed by atoms with van der Waals surface area (Å²) >= 11 is 0. The van der Waals surface area contributed by atoms with Crippen molar-refractivity contribution in [1.29, 1.82) is 0 Å². The number of nitrogens with two attached hydrogens (primary N) is 1. The van der Waals surface area contributed by atoms with Gasteiger partial charge in [-0.05, 0) is 43.5 Å². The summed E-state index contributed by atoms with van der Waals surface area (Å²) in [4.78, 5) is 2.06. The van der Waals surface area contributed by atoms with Gasteiger partial charge in [0.25, 0.3) is 0 Å². The van der Waals surface area contributed by atoms with Crippen LogP contribution in [0.4, 0.5) is 10.1 Å². The van der Waals surface area contributed by atoms with Crippen LogP contribution in [-0.4, -0.2) is 24.3 Å². The van der Waals surface area contributed by atoms with Gasteiger partial charge in [0.15, 0.2) is 0 Å². The zero-order valence-electron chi connectivity index (χ0n) is 11.6. The molecule has 2 rings (SSSR count). The first-order valence-corrected chi connectivity index (χ1v) is 6.96. The molecule has 3 N–H and O–H groups in total. The molecule has 1 aromatic carbocycles. The Morgan fingerprint density at radius 2 is 2.05 bits per heavy atom. The Balaban J connectivity index is 2.29. The third-order valence-corrected chi connectivity index (χ3v) is 4.05. The summed E-state index contributed by atoms with van der Waals surface area (Å²) < 4.78 is 13.4. The van der Waals surface area contributed by atoms with Crippen molar-refractivity contribution in [3.63, 3.8) is 0 Å². The van der Waals surface area contributed by atoms with Crippen LogP contribution in [0, 0.1) is 5.82 Å². The number of nitrogens with zero attached hydrogens (tertiary/aromatic N) is 1. The quantitative estimate of drug-likeness (QED) is 0.884. The van der Waals surface area contributed by atoms with E-state index in [1.54, 1.807) is 6.07 Å². The second-order valence-corrected chi connectivity index (χ2v) is 5.52. The predicted octanol–water partition coefficient (Wildman–Crippen LogP) is 2.59. The first-order valence-electron chi connectivity index (χ1n) is 6.96. The molecule has 0 heterocycles. The maximum atomic E-state index is 13.4. The molecule has 0 saturated heterocycles. The van der Waals surface area contributed by atoms with E-state index in [0.29, 0.717) is 0 Å². The largest absolute Gasteiger partial charge is 0.391 e. The minimum absolute atomic E-state index is 0.0942. The Hall–Kier alpha value is -1.13. The molecule has 1 saturated carbocycles. The molecule has 0 aliphatic heterocycles. The van der Waals surface area contributed by atoms with Crippen LogP contribution < -0.4 is 10.6 Å². The number of hydrogen-bond donors (Lipinski definition) is 2. The smallest absolute Gasteiger partial charge is 0.123 e. The number of halogens is 1. The fraction of sp³-hybridized carbons (Fsp3) is 0.600. The maximum Gasteiger partial charge on any atom is 0.123 e. The van der Waals surface area contributed by atoms with E-state index in [2.05, 4.69) is 4.90 Å². The molecule has 4 heteroatoms. The fourth-order valence-electron chi connectivity index (χ4n) is 2.93. The van der Waals surface area contributed by atoms with E-state index >= 15 is 0 Å². The van der Waals surface area contributed by atoms with E-state index in [0.717, 1.165) is 36.9 Å². The topological polar surface area (TPSA) is 49.5 Å². The lowest BCUT2D eigenvalue weighted by molar-refractivity contribution is 0.106. The maximum absolute atomic E-state index is 13.4. The van der Waals surface area contributed by atoms with Crippen molar-refractivity contribution < 1.29 is 9.50 Å². The van der Waals surface area contributed by atoms with Gasteiger partial charge < -0.3 is 15.7 Å². The Labute approximate surface area is 114 Å². The van der Waals surface area contributed by atoms with Crippen LogP contribution in [0.5, 0.6) is 0 Å². The molecule has 0 spiro atoms. The Morgan fingerprint density at radius 3 is 2.68 bits per heavy atom. The van der Waals surface area contributed by atoms with Gasteiger partial charge in [-0.25, -0.2) is 4.39 Å². The van der Waals surface area contributed by atoms with Crippen molar-refractivity contribution in [3.8, 4) is 0 Å². The SMILES string of the molecule is C[C@H](N)c1cc(F)ccc1N(C)C1CCCCC1O. The van der Waals surface area contributed by atoms with Crippen molar-refractivity contribution in [2.45, 2.75) is 50.8 Å². The van der Waals surface area contributed by atoms with Crippen LogP contribution in [0.3, 0.4) is 0 Å². The molecule has 3 atom stereocenters. The van der Waals surface area contributed by atoms with E-state index in [4.69, 9.17) is 5.73 Å². The number of benzene rings is 1. The number of aliphatic hydroxyl groups excluding tert-OH is 1. The van der Waals surface area contributed by atoms with E-state index < -0.39 is 0 Å². The Kier molecular flexibility index (Phi) is 4.42. The third kappa shape index (κ3) is 3.07.